The summed E-state index contributed by atoms with van der Waals surface area (Å²) in [5.74, 6) is 0.428. The van der Waals surface area contributed by atoms with Crippen molar-refractivity contribution in [1.29, 1.82) is 0 Å². The van der Waals surface area contributed by atoms with E-state index in [1.807, 2.05) is 13.0 Å². The molecule has 0 aliphatic rings. The Morgan fingerprint density at radius 1 is 1.25 bits per heavy atom. The Bertz CT molecular complexity index is 743. The van der Waals surface area contributed by atoms with Crippen molar-refractivity contribution in [1.82, 2.24) is 4.72 Å². The van der Waals surface area contributed by atoms with E-state index in [0.29, 0.717) is 10.1 Å². The molecule has 0 spiro atoms. The third kappa shape index (κ3) is 2.50. The molecule has 0 unspecified atom stereocenters. The van der Waals surface area contributed by atoms with Gasteiger partial charge in [0.05, 0.1) is 0 Å². The summed E-state index contributed by atoms with van der Waals surface area (Å²) in [5.41, 5.74) is 3.29. The minimum atomic E-state index is -3.45. The van der Waals surface area contributed by atoms with Crippen molar-refractivity contribution in [3.63, 3.8) is 0 Å². The molecule has 1 aromatic carbocycles. The van der Waals surface area contributed by atoms with Crippen LogP contribution in [0.25, 0.3) is 10.1 Å². The largest absolute Gasteiger partial charge is 0.250 e. The fourth-order valence-electron chi connectivity index (χ4n) is 2.61. The van der Waals surface area contributed by atoms with Gasteiger partial charge in [-0.05, 0) is 54.8 Å². The van der Waals surface area contributed by atoms with Crippen molar-refractivity contribution in [2.24, 2.45) is 0 Å². The van der Waals surface area contributed by atoms with Crippen LogP contribution >= 0.6 is 11.3 Å². The van der Waals surface area contributed by atoms with Crippen LogP contribution in [0.5, 0.6) is 0 Å². The van der Waals surface area contributed by atoms with Gasteiger partial charge in [-0.2, -0.15) is 0 Å². The predicted octanol–water partition coefficient (Wildman–Crippen LogP) is 3.75. The molecule has 0 atom stereocenters. The van der Waals surface area contributed by atoms with E-state index in [0.717, 1.165) is 15.6 Å². The van der Waals surface area contributed by atoms with E-state index in [1.165, 1.54) is 22.5 Å². The second-order valence-electron chi connectivity index (χ2n) is 5.22. The van der Waals surface area contributed by atoms with Gasteiger partial charge in [0.15, 0.2) is 0 Å². The summed E-state index contributed by atoms with van der Waals surface area (Å²) in [6.45, 7) is 12.0. The van der Waals surface area contributed by atoms with E-state index in [9.17, 15) is 8.42 Å². The van der Waals surface area contributed by atoms with E-state index >= 15 is 0 Å². The summed E-state index contributed by atoms with van der Waals surface area (Å²) in [4.78, 5) is 0. The van der Waals surface area contributed by atoms with Crippen molar-refractivity contribution >= 4 is 31.4 Å². The number of thiophene rings is 1. The maximum absolute atomic E-state index is 12.2. The first-order valence-electron chi connectivity index (χ1n) is 6.61. The average molecular weight is 310 g/mol. The average Bonchev–Trinajstić information content (AvgIpc) is 2.68. The van der Waals surface area contributed by atoms with Gasteiger partial charge in [-0.15, -0.1) is 11.3 Å². The first-order chi connectivity index (χ1) is 9.29. The zero-order valence-corrected chi connectivity index (χ0v) is 13.9. The van der Waals surface area contributed by atoms with Crippen LogP contribution in [0, 0.1) is 20.8 Å². The SMILES string of the molecule is [CH2]CNS(=O)(=O)c1sc2ccc(C(C)C)c(C)c2c1C. The van der Waals surface area contributed by atoms with Crippen LogP contribution in [0.3, 0.4) is 0 Å². The van der Waals surface area contributed by atoms with Crippen molar-refractivity contribution in [3.05, 3.63) is 35.7 Å². The number of rotatable bonds is 4. The molecule has 2 rings (SSSR count). The van der Waals surface area contributed by atoms with Crippen molar-refractivity contribution in [2.75, 3.05) is 6.54 Å². The van der Waals surface area contributed by atoms with E-state index in [4.69, 9.17) is 0 Å². The van der Waals surface area contributed by atoms with Crippen LogP contribution in [0.15, 0.2) is 16.3 Å². The Morgan fingerprint density at radius 3 is 2.45 bits per heavy atom. The highest BCUT2D eigenvalue weighted by atomic mass is 32.2. The molecule has 0 aliphatic heterocycles. The lowest BCUT2D eigenvalue weighted by Crippen LogP contribution is -2.22. The number of benzene rings is 1. The minimum absolute atomic E-state index is 0.159. The number of hydrogen-bond acceptors (Lipinski definition) is 3. The highest BCUT2D eigenvalue weighted by Crippen LogP contribution is 2.38. The molecule has 0 saturated carbocycles. The fraction of sp³-hybridized carbons (Fsp3) is 0.400. The first kappa shape index (κ1) is 15.5. The van der Waals surface area contributed by atoms with Crippen LogP contribution in [-0.2, 0) is 10.0 Å². The molecule has 0 saturated heterocycles. The molecular formula is C15H20NO2S2. The lowest BCUT2D eigenvalue weighted by Gasteiger charge is -2.11. The van der Waals surface area contributed by atoms with Crippen molar-refractivity contribution < 1.29 is 8.42 Å². The topological polar surface area (TPSA) is 46.2 Å². The van der Waals surface area contributed by atoms with Gasteiger partial charge < -0.3 is 0 Å². The lowest BCUT2D eigenvalue weighted by molar-refractivity contribution is 0.587. The van der Waals surface area contributed by atoms with E-state index < -0.39 is 10.0 Å². The normalized spacial score (nSPS) is 12.5. The van der Waals surface area contributed by atoms with E-state index in [1.54, 1.807) is 0 Å². The van der Waals surface area contributed by atoms with Crippen LogP contribution in [-0.4, -0.2) is 15.0 Å². The Labute approximate surface area is 125 Å². The second kappa shape index (κ2) is 5.47. The van der Waals surface area contributed by atoms with Gasteiger partial charge in [0.1, 0.15) is 4.21 Å². The van der Waals surface area contributed by atoms with Gasteiger partial charge in [0.2, 0.25) is 10.0 Å². The van der Waals surface area contributed by atoms with Crippen LogP contribution in [0.2, 0.25) is 0 Å². The maximum Gasteiger partial charge on any atom is 0.250 e. The van der Waals surface area contributed by atoms with Gasteiger partial charge in [-0.25, -0.2) is 13.1 Å². The molecule has 1 aromatic heterocycles. The lowest BCUT2D eigenvalue weighted by atomic mass is 9.95. The number of sulfonamides is 1. The highest BCUT2D eigenvalue weighted by Gasteiger charge is 2.22. The quantitative estimate of drug-likeness (QED) is 0.934. The molecule has 109 valence electrons. The summed E-state index contributed by atoms with van der Waals surface area (Å²) < 4.78 is 28.3. The summed E-state index contributed by atoms with van der Waals surface area (Å²) in [7, 11) is -3.45. The standard InChI is InChI=1S/C15H20NO2S2/c1-6-16-20(17,18)15-11(5)14-10(4)12(9(2)3)7-8-13(14)19-15/h7-9,16H,1,6H2,2-5H3. The van der Waals surface area contributed by atoms with Gasteiger partial charge in [0.25, 0.3) is 0 Å². The van der Waals surface area contributed by atoms with Gasteiger partial charge >= 0.3 is 0 Å². The molecule has 20 heavy (non-hydrogen) atoms. The molecule has 2 aromatic rings. The number of fused-ring (bicyclic) bond motifs is 1. The van der Waals surface area contributed by atoms with Crippen molar-refractivity contribution in [2.45, 2.75) is 37.8 Å². The van der Waals surface area contributed by atoms with E-state index in [2.05, 4.69) is 38.5 Å². The molecule has 3 nitrogen and oxygen atoms in total. The molecule has 0 amide bonds. The minimum Gasteiger partial charge on any atom is -0.210 e. The van der Waals surface area contributed by atoms with Gasteiger partial charge in [0, 0.05) is 11.2 Å². The second-order valence-corrected chi connectivity index (χ2v) is 8.23. The van der Waals surface area contributed by atoms with Crippen LogP contribution < -0.4 is 4.72 Å². The molecule has 5 heteroatoms. The first-order valence-corrected chi connectivity index (χ1v) is 8.91. The van der Waals surface area contributed by atoms with Gasteiger partial charge in [-0.3, -0.25) is 0 Å². The number of nitrogens with one attached hydrogen (secondary N) is 1. The van der Waals surface area contributed by atoms with Gasteiger partial charge in [-0.1, -0.05) is 19.9 Å². The van der Waals surface area contributed by atoms with Crippen LogP contribution in [0.4, 0.5) is 0 Å². The molecule has 1 heterocycles. The molecular weight excluding hydrogens is 290 g/mol. The summed E-state index contributed by atoms with van der Waals surface area (Å²) in [6.07, 6.45) is 0. The number of aryl methyl sites for hydroxylation is 2. The third-order valence-electron chi connectivity index (χ3n) is 3.51. The van der Waals surface area contributed by atoms with Crippen LogP contribution in [0.1, 0.15) is 36.5 Å². The third-order valence-corrected chi connectivity index (χ3v) is 6.85. The summed E-state index contributed by atoms with van der Waals surface area (Å²) in [5, 5.41) is 1.07. The zero-order chi connectivity index (χ0) is 15.1. The summed E-state index contributed by atoms with van der Waals surface area (Å²) in [6, 6.07) is 4.13. The Balaban J connectivity index is 2.75. The fourth-order valence-corrected chi connectivity index (χ4v) is 5.40. The Hall–Kier alpha value is -0.910. The molecule has 0 bridgehead atoms. The summed E-state index contributed by atoms with van der Waals surface area (Å²) >= 11 is 1.33. The highest BCUT2D eigenvalue weighted by molar-refractivity contribution is 7.91. The van der Waals surface area contributed by atoms with Crippen molar-refractivity contribution in [3.8, 4) is 0 Å². The molecule has 1 N–H and O–H groups in total. The maximum atomic E-state index is 12.2. The number of hydrogen-bond donors (Lipinski definition) is 1. The molecule has 1 radical (unpaired) electrons. The molecule has 0 fully saturated rings. The monoisotopic (exact) mass is 310 g/mol. The Kier molecular flexibility index (Phi) is 4.23. The predicted molar refractivity (Wildman–Crippen MR) is 85.9 cm³/mol. The van der Waals surface area contributed by atoms with E-state index in [-0.39, 0.29) is 6.54 Å². The molecule has 0 aliphatic carbocycles. The Morgan fingerprint density at radius 2 is 1.90 bits per heavy atom. The zero-order valence-electron chi connectivity index (χ0n) is 12.3. The smallest absolute Gasteiger partial charge is 0.210 e.